The fourth-order valence-corrected chi connectivity index (χ4v) is 2.65. The van der Waals surface area contributed by atoms with Crippen LogP contribution < -0.4 is 9.47 Å². The number of ether oxygens (including phenoxy) is 3. The number of para-hydroxylation sites is 2. The van der Waals surface area contributed by atoms with Crippen molar-refractivity contribution in [1.29, 1.82) is 0 Å². The van der Waals surface area contributed by atoms with Crippen LogP contribution in [0, 0.1) is 0 Å². The zero-order chi connectivity index (χ0) is 18.2. The summed E-state index contributed by atoms with van der Waals surface area (Å²) in [6.07, 6.45) is -0.345. The summed E-state index contributed by atoms with van der Waals surface area (Å²) < 4.78 is 16.5. The summed E-state index contributed by atoms with van der Waals surface area (Å²) in [6, 6.07) is 26.6. The van der Waals surface area contributed by atoms with Gasteiger partial charge in [-0.1, -0.05) is 72.8 Å². The van der Waals surface area contributed by atoms with Gasteiger partial charge in [-0.3, -0.25) is 0 Å². The molecular weight excluding hydrogens is 328 g/mol. The van der Waals surface area contributed by atoms with Crippen molar-refractivity contribution in [3.8, 4) is 11.5 Å². The van der Waals surface area contributed by atoms with Gasteiger partial charge in [0.1, 0.15) is 12.7 Å². The summed E-state index contributed by atoms with van der Waals surface area (Å²) in [5.74, 6) is 0.398. The summed E-state index contributed by atoms with van der Waals surface area (Å²) >= 11 is 0. The molecule has 3 aromatic rings. The molecule has 3 aromatic carbocycles. The predicted molar refractivity (Wildman–Crippen MR) is 99.3 cm³/mol. The second kappa shape index (κ2) is 8.83. The van der Waals surface area contributed by atoms with Crippen LogP contribution in [0.25, 0.3) is 0 Å². The zero-order valence-corrected chi connectivity index (χ0v) is 14.5. The van der Waals surface area contributed by atoms with Crippen molar-refractivity contribution in [1.82, 2.24) is 0 Å². The Balaban J connectivity index is 1.71. The fourth-order valence-electron chi connectivity index (χ4n) is 2.65. The summed E-state index contributed by atoms with van der Waals surface area (Å²) in [6.45, 7) is -0.174. The van der Waals surface area contributed by atoms with E-state index in [1.807, 2.05) is 66.7 Å². The number of methoxy groups -OCH3 is 1. The second-order valence-corrected chi connectivity index (χ2v) is 5.64. The standard InChI is InChI=1S/C22H20O4/c1-24-19-14-8-9-15-20(19)26-21(23)16-25-22(17-10-4-2-5-11-17)18-12-6-3-7-13-18/h2-15,22H,16H2,1H3. The highest BCUT2D eigenvalue weighted by Gasteiger charge is 2.17. The maximum Gasteiger partial charge on any atom is 0.337 e. The number of hydrogen-bond acceptors (Lipinski definition) is 4. The lowest BCUT2D eigenvalue weighted by molar-refractivity contribution is -0.141. The quantitative estimate of drug-likeness (QED) is 0.469. The van der Waals surface area contributed by atoms with Crippen molar-refractivity contribution in [2.45, 2.75) is 6.10 Å². The fraction of sp³-hybridized carbons (Fsp3) is 0.136. The summed E-state index contributed by atoms with van der Waals surface area (Å²) in [4.78, 5) is 12.2. The Morgan fingerprint density at radius 1 is 0.769 bits per heavy atom. The minimum atomic E-state index is -0.480. The highest BCUT2D eigenvalue weighted by molar-refractivity contribution is 5.74. The number of carbonyl (C=O) groups excluding carboxylic acids is 1. The molecule has 4 nitrogen and oxygen atoms in total. The van der Waals surface area contributed by atoms with Crippen molar-refractivity contribution in [3.63, 3.8) is 0 Å². The number of benzene rings is 3. The first-order chi connectivity index (χ1) is 12.8. The smallest absolute Gasteiger partial charge is 0.337 e. The van der Waals surface area contributed by atoms with E-state index in [0.29, 0.717) is 11.5 Å². The molecule has 0 amide bonds. The van der Waals surface area contributed by atoms with Crippen LogP contribution in [0.15, 0.2) is 84.9 Å². The van der Waals surface area contributed by atoms with E-state index in [1.165, 1.54) is 7.11 Å². The Labute approximate surface area is 153 Å². The van der Waals surface area contributed by atoms with Gasteiger partial charge in [0.15, 0.2) is 11.5 Å². The van der Waals surface area contributed by atoms with Crippen molar-refractivity contribution in [2.24, 2.45) is 0 Å². The van der Waals surface area contributed by atoms with Crippen LogP contribution >= 0.6 is 0 Å². The molecule has 3 rings (SSSR count). The van der Waals surface area contributed by atoms with Crippen molar-refractivity contribution < 1.29 is 19.0 Å². The molecule has 4 heteroatoms. The Morgan fingerprint density at radius 2 is 1.27 bits per heavy atom. The second-order valence-electron chi connectivity index (χ2n) is 5.64. The van der Waals surface area contributed by atoms with Crippen LogP contribution in [0.2, 0.25) is 0 Å². The first-order valence-electron chi connectivity index (χ1n) is 8.33. The molecule has 0 N–H and O–H groups in total. The van der Waals surface area contributed by atoms with Crippen molar-refractivity contribution in [3.05, 3.63) is 96.1 Å². The van der Waals surface area contributed by atoms with Gasteiger partial charge in [0.2, 0.25) is 0 Å². The van der Waals surface area contributed by atoms with E-state index in [1.54, 1.807) is 18.2 Å². The molecule has 0 bridgehead atoms. The molecule has 0 aliphatic carbocycles. The molecule has 0 saturated carbocycles. The van der Waals surface area contributed by atoms with Gasteiger partial charge in [-0.25, -0.2) is 4.79 Å². The average molecular weight is 348 g/mol. The highest BCUT2D eigenvalue weighted by Crippen LogP contribution is 2.27. The number of carbonyl (C=O) groups is 1. The van der Waals surface area contributed by atoms with Gasteiger partial charge in [-0.15, -0.1) is 0 Å². The SMILES string of the molecule is COc1ccccc1OC(=O)COC(c1ccccc1)c1ccccc1. The van der Waals surface area contributed by atoms with E-state index in [2.05, 4.69) is 0 Å². The molecule has 0 heterocycles. The molecule has 0 spiro atoms. The lowest BCUT2D eigenvalue weighted by Gasteiger charge is -2.18. The Bertz CT molecular complexity index is 792. The Kier molecular flexibility index (Phi) is 6.01. The van der Waals surface area contributed by atoms with Gasteiger partial charge in [-0.05, 0) is 23.3 Å². The third-order valence-electron chi connectivity index (χ3n) is 3.87. The summed E-state index contributed by atoms with van der Waals surface area (Å²) in [7, 11) is 1.53. The van der Waals surface area contributed by atoms with E-state index in [9.17, 15) is 4.79 Å². The Hall–Kier alpha value is -3.11. The molecule has 0 radical (unpaired) electrons. The highest BCUT2D eigenvalue weighted by atomic mass is 16.6. The maximum absolute atomic E-state index is 12.2. The lowest BCUT2D eigenvalue weighted by Crippen LogP contribution is -2.19. The number of hydrogen-bond donors (Lipinski definition) is 0. The van der Waals surface area contributed by atoms with Gasteiger partial charge in [0.25, 0.3) is 0 Å². The third kappa shape index (κ3) is 4.49. The monoisotopic (exact) mass is 348 g/mol. The summed E-state index contributed by atoms with van der Waals surface area (Å²) in [5, 5.41) is 0. The van der Waals surface area contributed by atoms with Crippen LogP contribution in [-0.4, -0.2) is 19.7 Å². The van der Waals surface area contributed by atoms with Gasteiger partial charge in [0.05, 0.1) is 7.11 Å². The van der Waals surface area contributed by atoms with E-state index in [4.69, 9.17) is 14.2 Å². The summed E-state index contributed by atoms with van der Waals surface area (Å²) in [5.41, 5.74) is 1.95. The molecule has 0 atom stereocenters. The number of rotatable bonds is 7. The van der Waals surface area contributed by atoms with Gasteiger partial charge < -0.3 is 14.2 Å². The largest absolute Gasteiger partial charge is 0.493 e. The van der Waals surface area contributed by atoms with Crippen molar-refractivity contribution in [2.75, 3.05) is 13.7 Å². The van der Waals surface area contributed by atoms with Gasteiger partial charge >= 0.3 is 5.97 Å². The van der Waals surface area contributed by atoms with E-state index < -0.39 is 5.97 Å². The zero-order valence-electron chi connectivity index (χ0n) is 14.5. The molecule has 0 aromatic heterocycles. The molecule has 26 heavy (non-hydrogen) atoms. The lowest BCUT2D eigenvalue weighted by atomic mass is 10.0. The first kappa shape index (κ1) is 17.7. The minimum absolute atomic E-state index is 0.174. The van der Waals surface area contributed by atoms with Crippen LogP contribution in [-0.2, 0) is 9.53 Å². The maximum atomic E-state index is 12.2. The molecule has 0 aliphatic rings. The molecule has 0 saturated heterocycles. The molecule has 132 valence electrons. The molecule has 0 aliphatic heterocycles. The molecular formula is C22H20O4. The van der Waals surface area contributed by atoms with Crippen LogP contribution in [0.4, 0.5) is 0 Å². The van der Waals surface area contributed by atoms with E-state index >= 15 is 0 Å². The van der Waals surface area contributed by atoms with Gasteiger partial charge in [0, 0.05) is 0 Å². The molecule has 0 unspecified atom stereocenters. The third-order valence-corrected chi connectivity index (χ3v) is 3.87. The van der Waals surface area contributed by atoms with Crippen molar-refractivity contribution >= 4 is 5.97 Å². The van der Waals surface area contributed by atoms with Crippen LogP contribution in [0.1, 0.15) is 17.2 Å². The van der Waals surface area contributed by atoms with Crippen LogP contribution in [0.5, 0.6) is 11.5 Å². The predicted octanol–water partition coefficient (Wildman–Crippen LogP) is 4.41. The van der Waals surface area contributed by atoms with Crippen LogP contribution in [0.3, 0.4) is 0 Å². The Morgan fingerprint density at radius 3 is 1.81 bits per heavy atom. The minimum Gasteiger partial charge on any atom is -0.493 e. The molecule has 0 fully saturated rings. The average Bonchev–Trinajstić information content (AvgIpc) is 2.70. The number of esters is 1. The topological polar surface area (TPSA) is 44.8 Å². The normalized spacial score (nSPS) is 10.5. The van der Waals surface area contributed by atoms with Gasteiger partial charge in [-0.2, -0.15) is 0 Å². The van der Waals surface area contributed by atoms with E-state index in [-0.39, 0.29) is 12.7 Å². The first-order valence-corrected chi connectivity index (χ1v) is 8.33. The van der Waals surface area contributed by atoms with E-state index in [0.717, 1.165) is 11.1 Å².